The number of aromatic nitrogens is 2. The van der Waals surface area contributed by atoms with Gasteiger partial charge < -0.3 is 4.74 Å². The van der Waals surface area contributed by atoms with Gasteiger partial charge in [-0.3, -0.25) is 0 Å². The first-order valence-electron chi connectivity index (χ1n) is 5.50. The molecule has 0 N–H and O–H groups in total. The van der Waals surface area contributed by atoms with E-state index < -0.39 is 0 Å². The van der Waals surface area contributed by atoms with Gasteiger partial charge in [0.15, 0.2) is 0 Å². The fraction of sp³-hybridized carbons (Fsp3) is 0.333. The molecular weight excluding hydrogens is 347 g/mol. The third-order valence-electron chi connectivity index (χ3n) is 2.65. The summed E-state index contributed by atoms with van der Waals surface area (Å²) in [6.45, 7) is 2.05. The van der Waals surface area contributed by atoms with Crippen molar-refractivity contribution in [3.05, 3.63) is 33.2 Å². The van der Waals surface area contributed by atoms with Crippen LogP contribution in [0.1, 0.15) is 30.1 Å². The molecule has 0 atom stereocenters. The summed E-state index contributed by atoms with van der Waals surface area (Å²) in [5.74, 6) is 2.40. The molecule has 1 aromatic carbocycles. The van der Waals surface area contributed by atoms with Gasteiger partial charge in [0.2, 0.25) is 0 Å². The molecule has 5 heteroatoms. The van der Waals surface area contributed by atoms with Crippen molar-refractivity contribution in [2.45, 2.75) is 25.7 Å². The maximum atomic E-state index is 5.79. The molecule has 88 valence electrons. The molecule has 1 fully saturated rings. The predicted octanol–water partition coefficient (Wildman–Crippen LogP) is 4.12. The van der Waals surface area contributed by atoms with E-state index in [1.807, 2.05) is 12.1 Å². The fourth-order valence-corrected chi connectivity index (χ4v) is 2.62. The Morgan fingerprint density at radius 3 is 3.00 bits per heavy atom. The number of nitrogens with zero attached hydrogens (tertiary/aromatic N) is 2. The highest BCUT2D eigenvalue weighted by molar-refractivity contribution is 14.1. The maximum absolute atomic E-state index is 5.79. The van der Waals surface area contributed by atoms with Crippen molar-refractivity contribution in [2.75, 3.05) is 0 Å². The first kappa shape index (κ1) is 11.4. The molecule has 17 heavy (non-hydrogen) atoms. The minimum absolute atomic E-state index is 0.584. The van der Waals surface area contributed by atoms with Crippen LogP contribution in [-0.2, 0) is 0 Å². The first-order valence-corrected chi connectivity index (χ1v) is 7.35. The molecule has 0 unspecified atom stereocenters. The van der Waals surface area contributed by atoms with E-state index in [1.54, 1.807) is 0 Å². The van der Waals surface area contributed by atoms with Crippen LogP contribution in [0.2, 0.25) is 0 Å². The summed E-state index contributed by atoms with van der Waals surface area (Å²) >= 11 is 3.61. The van der Waals surface area contributed by atoms with Crippen LogP contribution >= 0.6 is 34.1 Å². The molecule has 0 aliphatic heterocycles. The van der Waals surface area contributed by atoms with Gasteiger partial charge in [-0.05, 0) is 60.1 Å². The average molecular weight is 358 g/mol. The lowest BCUT2D eigenvalue weighted by Crippen LogP contribution is -1.88. The van der Waals surface area contributed by atoms with Crippen LogP contribution < -0.4 is 4.74 Å². The minimum Gasteiger partial charge on any atom is -0.429 e. The minimum atomic E-state index is 0.584. The zero-order valence-electron chi connectivity index (χ0n) is 9.31. The van der Waals surface area contributed by atoms with E-state index in [2.05, 4.69) is 44.9 Å². The smallest absolute Gasteiger partial charge is 0.298 e. The second-order valence-electron chi connectivity index (χ2n) is 4.23. The third kappa shape index (κ3) is 2.60. The Morgan fingerprint density at radius 2 is 2.24 bits per heavy atom. The summed E-state index contributed by atoms with van der Waals surface area (Å²) in [5, 5.41) is 0.649. The predicted molar refractivity (Wildman–Crippen MR) is 75.9 cm³/mol. The van der Waals surface area contributed by atoms with E-state index in [9.17, 15) is 0 Å². The van der Waals surface area contributed by atoms with Crippen LogP contribution in [0.25, 0.3) is 0 Å². The Bertz CT molecular complexity index is 551. The van der Waals surface area contributed by atoms with Gasteiger partial charge >= 0.3 is 0 Å². The second-order valence-corrected chi connectivity index (χ2v) is 6.11. The van der Waals surface area contributed by atoms with E-state index in [4.69, 9.17) is 4.74 Å². The molecule has 1 aromatic heterocycles. The summed E-state index contributed by atoms with van der Waals surface area (Å²) in [7, 11) is 0. The molecule has 0 radical (unpaired) electrons. The van der Waals surface area contributed by atoms with Crippen LogP contribution in [0.4, 0.5) is 0 Å². The summed E-state index contributed by atoms with van der Waals surface area (Å²) in [4.78, 5) is 4.42. The third-order valence-corrected chi connectivity index (χ3v) is 4.15. The van der Waals surface area contributed by atoms with Gasteiger partial charge in [0.25, 0.3) is 5.19 Å². The van der Waals surface area contributed by atoms with Crippen molar-refractivity contribution >= 4 is 34.1 Å². The van der Waals surface area contributed by atoms with Gasteiger partial charge in [0, 0.05) is 17.5 Å². The summed E-state index contributed by atoms with van der Waals surface area (Å²) in [6, 6.07) is 6.15. The van der Waals surface area contributed by atoms with Crippen LogP contribution in [-0.4, -0.2) is 9.36 Å². The summed E-state index contributed by atoms with van der Waals surface area (Å²) in [5.41, 5.74) is 1.19. The SMILES string of the molecule is Cc1ccc(I)c(Oc2nc(C3CC3)ns2)c1. The molecular formula is C12H11IN2OS. The Kier molecular flexibility index (Phi) is 3.04. The van der Waals surface area contributed by atoms with Crippen LogP contribution in [0.3, 0.4) is 0 Å². The van der Waals surface area contributed by atoms with Gasteiger partial charge in [0.1, 0.15) is 11.6 Å². The Hall–Kier alpha value is -0.690. The fourth-order valence-electron chi connectivity index (χ4n) is 1.55. The zero-order valence-corrected chi connectivity index (χ0v) is 12.3. The van der Waals surface area contributed by atoms with E-state index in [0.29, 0.717) is 11.1 Å². The molecule has 1 aliphatic carbocycles. The largest absolute Gasteiger partial charge is 0.429 e. The number of ether oxygens (including phenoxy) is 1. The normalized spacial score (nSPS) is 14.9. The number of halogens is 1. The van der Waals surface area contributed by atoms with Crippen molar-refractivity contribution in [2.24, 2.45) is 0 Å². The van der Waals surface area contributed by atoms with E-state index in [0.717, 1.165) is 15.1 Å². The molecule has 1 heterocycles. The van der Waals surface area contributed by atoms with E-state index >= 15 is 0 Å². The number of hydrogen-bond donors (Lipinski definition) is 0. The van der Waals surface area contributed by atoms with E-state index in [-0.39, 0.29) is 0 Å². The highest BCUT2D eigenvalue weighted by Crippen LogP contribution is 2.40. The van der Waals surface area contributed by atoms with Crippen molar-refractivity contribution in [3.63, 3.8) is 0 Å². The lowest BCUT2D eigenvalue weighted by molar-refractivity contribution is 0.473. The quantitative estimate of drug-likeness (QED) is 0.775. The van der Waals surface area contributed by atoms with Gasteiger partial charge in [-0.15, -0.1) is 0 Å². The molecule has 3 nitrogen and oxygen atoms in total. The van der Waals surface area contributed by atoms with Crippen molar-refractivity contribution in [1.82, 2.24) is 9.36 Å². The van der Waals surface area contributed by atoms with Crippen molar-refractivity contribution in [1.29, 1.82) is 0 Å². The summed E-state index contributed by atoms with van der Waals surface area (Å²) < 4.78 is 11.2. The number of hydrogen-bond acceptors (Lipinski definition) is 4. The molecule has 0 spiro atoms. The van der Waals surface area contributed by atoms with Gasteiger partial charge in [-0.1, -0.05) is 6.07 Å². The highest BCUT2D eigenvalue weighted by Gasteiger charge is 2.28. The van der Waals surface area contributed by atoms with Crippen molar-refractivity contribution < 1.29 is 4.74 Å². The molecule has 1 aliphatic rings. The molecule has 3 rings (SSSR count). The lowest BCUT2D eigenvalue weighted by Gasteiger charge is -2.04. The molecule has 1 saturated carbocycles. The lowest BCUT2D eigenvalue weighted by atomic mass is 10.2. The zero-order chi connectivity index (χ0) is 11.8. The summed E-state index contributed by atoms with van der Waals surface area (Å²) in [6.07, 6.45) is 2.44. The number of benzene rings is 1. The maximum Gasteiger partial charge on any atom is 0.298 e. The molecule has 0 saturated heterocycles. The molecule has 2 aromatic rings. The Labute approximate surface area is 118 Å². The second kappa shape index (κ2) is 4.53. The molecule has 0 bridgehead atoms. The average Bonchev–Trinajstić information content (AvgIpc) is 3.05. The van der Waals surface area contributed by atoms with Crippen LogP contribution in [0.5, 0.6) is 10.9 Å². The van der Waals surface area contributed by atoms with Crippen LogP contribution in [0.15, 0.2) is 18.2 Å². The highest BCUT2D eigenvalue weighted by atomic mass is 127. The Balaban J connectivity index is 1.82. The van der Waals surface area contributed by atoms with Crippen LogP contribution in [0, 0.1) is 10.5 Å². The van der Waals surface area contributed by atoms with Gasteiger partial charge in [-0.25, -0.2) is 0 Å². The van der Waals surface area contributed by atoms with Gasteiger partial charge in [-0.2, -0.15) is 9.36 Å². The number of rotatable bonds is 3. The van der Waals surface area contributed by atoms with E-state index in [1.165, 1.54) is 29.9 Å². The first-order chi connectivity index (χ1) is 8.22. The van der Waals surface area contributed by atoms with Gasteiger partial charge in [0.05, 0.1) is 3.57 Å². The molecule has 0 amide bonds. The number of aryl methyl sites for hydroxylation is 1. The van der Waals surface area contributed by atoms with Crippen molar-refractivity contribution in [3.8, 4) is 10.9 Å². The monoisotopic (exact) mass is 358 g/mol. The Morgan fingerprint density at radius 1 is 1.41 bits per heavy atom. The standard InChI is InChI=1S/C12H11IN2OS/c1-7-2-5-9(13)10(6-7)16-12-14-11(15-17-12)8-3-4-8/h2,5-6,8H,3-4H2,1H3. The topological polar surface area (TPSA) is 35.0 Å².